The van der Waals surface area contributed by atoms with Gasteiger partial charge in [0.2, 0.25) is 0 Å². The Bertz CT molecular complexity index is 1140. The van der Waals surface area contributed by atoms with E-state index in [1.165, 1.54) is 11.0 Å². The van der Waals surface area contributed by atoms with E-state index >= 15 is 0 Å². The SMILES string of the molecule is Cc1ccc(C2=CC(=O)C(OC(=O)c3ccccc3)CN2C(=O)c2ccccc2)cc1. The van der Waals surface area contributed by atoms with E-state index in [0.29, 0.717) is 16.8 Å². The normalized spacial score (nSPS) is 15.9. The van der Waals surface area contributed by atoms with Gasteiger partial charge in [0, 0.05) is 11.6 Å². The van der Waals surface area contributed by atoms with Crippen molar-refractivity contribution in [3.05, 3.63) is 113 Å². The van der Waals surface area contributed by atoms with Crippen LogP contribution in [-0.4, -0.2) is 35.2 Å². The van der Waals surface area contributed by atoms with Crippen LogP contribution in [0, 0.1) is 6.92 Å². The van der Waals surface area contributed by atoms with Crippen LogP contribution in [-0.2, 0) is 9.53 Å². The van der Waals surface area contributed by atoms with Gasteiger partial charge in [-0.3, -0.25) is 9.59 Å². The Morgan fingerprint density at radius 1 is 0.839 bits per heavy atom. The molecule has 0 fully saturated rings. The highest BCUT2D eigenvalue weighted by molar-refractivity contribution is 6.08. The average Bonchev–Trinajstić information content (AvgIpc) is 2.81. The largest absolute Gasteiger partial charge is 0.448 e. The number of ether oxygens (including phenoxy) is 1. The van der Waals surface area contributed by atoms with Gasteiger partial charge in [-0.1, -0.05) is 66.2 Å². The van der Waals surface area contributed by atoms with Crippen LogP contribution in [0.3, 0.4) is 0 Å². The Morgan fingerprint density at radius 2 is 1.42 bits per heavy atom. The van der Waals surface area contributed by atoms with E-state index in [9.17, 15) is 14.4 Å². The van der Waals surface area contributed by atoms with Gasteiger partial charge in [0.15, 0.2) is 11.9 Å². The van der Waals surface area contributed by atoms with Crippen LogP contribution >= 0.6 is 0 Å². The molecule has 0 aromatic heterocycles. The van der Waals surface area contributed by atoms with Gasteiger partial charge in [-0.05, 0) is 36.8 Å². The van der Waals surface area contributed by atoms with Crippen molar-refractivity contribution in [3.63, 3.8) is 0 Å². The van der Waals surface area contributed by atoms with E-state index in [4.69, 9.17) is 4.74 Å². The summed E-state index contributed by atoms with van der Waals surface area (Å²) < 4.78 is 5.48. The van der Waals surface area contributed by atoms with Crippen molar-refractivity contribution in [2.45, 2.75) is 13.0 Å². The minimum absolute atomic E-state index is 0.0507. The second-order valence-corrected chi connectivity index (χ2v) is 7.34. The van der Waals surface area contributed by atoms with Crippen molar-refractivity contribution in [1.82, 2.24) is 4.90 Å². The van der Waals surface area contributed by atoms with Crippen molar-refractivity contribution >= 4 is 23.4 Å². The summed E-state index contributed by atoms with van der Waals surface area (Å²) in [6.07, 6.45) is 0.312. The second kappa shape index (κ2) is 8.79. The molecule has 0 N–H and O–H groups in total. The van der Waals surface area contributed by atoms with Crippen LogP contribution in [0.1, 0.15) is 31.8 Å². The van der Waals surface area contributed by atoms with Crippen LogP contribution in [0.4, 0.5) is 0 Å². The molecule has 0 saturated carbocycles. The average molecular weight is 411 g/mol. The monoisotopic (exact) mass is 411 g/mol. The number of hydrogen-bond acceptors (Lipinski definition) is 4. The molecule has 1 heterocycles. The number of benzene rings is 3. The van der Waals surface area contributed by atoms with Gasteiger partial charge in [0.05, 0.1) is 17.8 Å². The second-order valence-electron chi connectivity index (χ2n) is 7.34. The van der Waals surface area contributed by atoms with Crippen LogP contribution in [0.2, 0.25) is 0 Å². The molecule has 0 bridgehead atoms. The summed E-state index contributed by atoms with van der Waals surface area (Å²) in [5.74, 6) is -1.21. The number of hydrogen-bond donors (Lipinski definition) is 0. The maximum absolute atomic E-state index is 13.3. The van der Waals surface area contributed by atoms with Gasteiger partial charge in [-0.15, -0.1) is 0 Å². The van der Waals surface area contributed by atoms with E-state index in [2.05, 4.69) is 0 Å². The molecule has 31 heavy (non-hydrogen) atoms. The maximum atomic E-state index is 13.3. The van der Waals surface area contributed by atoms with E-state index < -0.39 is 12.1 Å². The van der Waals surface area contributed by atoms with Crippen molar-refractivity contribution < 1.29 is 19.1 Å². The Balaban J connectivity index is 1.67. The first-order chi connectivity index (χ1) is 15.0. The molecule has 154 valence electrons. The predicted molar refractivity (Wildman–Crippen MR) is 117 cm³/mol. The topological polar surface area (TPSA) is 63.7 Å². The molecule has 5 nitrogen and oxygen atoms in total. The fourth-order valence-electron chi connectivity index (χ4n) is 3.42. The Morgan fingerprint density at radius 3 is 2.03 bits per heavy atom. The van der Waals surface area contributed by atoms with E-state index in [0.717, 1.165) is 11.1 Å². The zero-order valence-electron chi connectivity index (χ0n) is 17.0. The lowest BCUT2D eigenvalue weighted by molar-refractivity contribution is -0.123. The van der Waals surface area contributed by atoms with Gasteiger partial charge >= 0.3 is 5.97 Å². The molecule has 0 aliphatic carbocycles. The third kappa shape index (κ3) is 4.46. The smallest absolute Gasteiger partial charge is 0.338 e. The molecule has 1 aliphatic heterocycles. The minimum atomic E-state index is -1.07. The minimum Gasteiger partial charge on any atom is -0.448 e. The Hall–Kier alpha value is -3.99. The van der Waals surface area contributed by atoms with Crippen molar-refractivity contribution in [1.29, 1.82) is 0 Å². The van der Waals surface area contributed by atoms with Gasteiger partial charge in [-0.25, -0.2) is 4.79 Å². The third-order valence-electron chi connectivity index (χ3n) is 5.11. The van der Waals surface area contributed by atoms with E-state index in [1.807, 2.05) is 37.3 Å². The zero-order valence-corrected chi connectivity index (χ0v) is 17.0. The first kappa shape index (κ1) is 20.3. The standard InChI is InChI=1S/C26H21NO4/c1-18-12-14-19(15-13-18)22-16-23(28)24(31-26(30)21-10-6-3-7-11-21)17-27(22)25(29)20-8-4-2-5-9-20/h2-16,24H,17H2,1H3. The molecular weight excluding hydrogens is 390 g/mol. The highest BCUT2D eigenvalue weighted by Gasteiger charge is 2.35. The van der Waals surface area contributed by atoms with E-state index in [-0.39, 0.29) is 18.2 Å². The molecule has 3 aromatic carbocycles. The molecular formula is C26H21NO4. The molecule has 0 radical (unpaired) electrons. The van der Waals surface area contributed by atoms with Crippen molar-refractivity contribution in [2.24, 2.45) is 0 Å². The first-order valence-electron chi connectivity index (χ1n) is 9.98. The molecule has 0 saturated heterocycles. The molecule has 0 spiro atoms. The molecule has 1 atom stereocenters. The quantitative estimate of drug-likeness (QED) is 0.601. The lowest BCUT2D eigenvalue weighted by Crippen LogP contribution is -2.45. The number of esters is 1. The van der Waals surface area contributed by atoms with Crippen LogP contribution < -0.4 is 0 Å². The highest BCUT2D eigenvalue weighted by atomic mass is 16.5. The summed E-state index contributed by atoms with van der Waals surface area (Å²) in [6, 6.07) is 24.9. The Labute approximate surface area is 180 Å². The van der Waals surface area contributed by atoms with Crippen molar-refractivity contribution in [3.8, 4) is 0 Å². The molecule has 5 heteroatoms. The number of aryl methyl sites for hydroxylation is 1. The molecule has 1 aliphatic rings. The van der Waals surface area contributed by atoms with Crippen LogP contribution in [0.5, 0.6) is 0 Å². The lowest BCUT2D eigenvalue weighted by Gasteiger charge is -2.32. The first-order valence-corrected chi connectivity index (χ1v) is 9.98. The fraction of sp³-hybridized carbons (Fsp3) is 0.115. The summed E-state index contributed by atoms with van der Waals surface area (Å²) in [7, 11) is 0. The number of nitrogens with zero attached hydrogens (tertiary/aromatic N) is 1. The van der Waals surface area contributed by atoms with Gasteiger partial charge in [0.25, 0.3) is 5.91 Å². The highest BCUT2D eigenvalue weighted by Crippen LogP contribution is 2.27. The number of carbonyl (C=O) groups is 3. The summed E-state index contributed by atoms with van der Waals surface area (Å²) >= 11 is 0. The number of ketones is 1. The predicted octanol–water partition coefficient (Wildman–Crippen LogP) is 4.29. The summed E-state index contributed by atoms with van der Waals surface area (Å²) in [5, 5.41) is 0. The van der Waals surface area contributed by atoms with E-state index in [1.54, 1.807) is 54.6 Å². The molecule has 4 rings (SSSR count). The van der Waals surface area contributed by atoms with Gasteiger partial charge in [0.1, 0.15) is 0 Å². The summed E-state index contributed by atoms with van der Waals surface area (Å²) in [4.78, 5) is 40.1. The summed E-state index contributed by atoms with van der Waals surface area (Å²) in [6.45, 7) is 1.92. The van der Waals surface area contributed by atoms with Gasteiger partial charge < -0.3 is 9.64 Å². The lowest BCUT2D eigenvalue weighted by atomic mass is 10.00. The van der Waals surface area contributed by atoms with Gasteiger partial charge in [-0.2, -0.15) is 0 Å². The zero-order chi connectivity index (χ0) is 21.8. The molecule has 3 aromatic rings. The maximum Gasteiger partial charge on any atom is 0.338 e. The number of carbonyl (C=O) groups excluding carboxylic acids is 3. The molecule has 1 amide bonds. The fourth-order valence-corrected chi connectivity index (χ4v) is 3.42. The van der Waals surface area contributed by atoms with Crippen LogP contribution in [0.25, 0.3) is 5.70 Å². The van der Waals surface area contributed by atoms with Crippen LogP contribution in [0.15, 0.2) is 91.0 Å². The van der Waals surface area contributed by atoms with Crippen molar-refractivity contribution in [2.75, 3.05) is 6.54 Å². The Kier molecular flexibility index (Phi) is 5.76. The number of rotatable bonds is 4. The summed E-state index contributed by atoms with van der Waals surface area (Å²) in [5.41, 5.74) is 3.15. The molecule has 1 unspecified atom stereocenters. The third-order valence-corrected chi connectivity index (χ3v) is 5.11. The number of amides is 1.